The van der Waals surface area contributed by atoms with E-state index in [4.69, 9.17) is 4.52 Å². The summed E-state index contributed by atoms with van der Waals surface area (Å²) in [6.07, 6.45) is 1.59. The number of sulfonamides is 1. The third-order valence-corrected chi connectivity index (χ3v) is 7.67. The molecular formula is C18H24N4O5S. The second kappa shape index (κ2) is 6.78. The average Bonchev–Trinajstić information content (AvgIpc) is 3.32. The van der Waals surface area contributed by atoms with E-state index in [0.717, 1.165) is 34.8 Å². The largest absolute Gasteiger partial charge is 0.391 e. The molecule has 1 fully saturated rings. The third-order valence-electron chi connectivity index (χ3n) is 5.71. The van der Waals surface area contributed by atoms with Crippen molar-refractivity contribution in [3.05, 3.63) is 22.5 Å². The second-order valence-electron chi connectivity index (χ2n) is 7.81. The van der Waals surface area contributed by atoms with E-state index in [2.05, 4.69) is 10.1 Å². The lowest BCUT2D eigenvalue weighted by Crippen LogP contribution is -2.34. The van der Waals surface area contributed by atoms with Gasteiger partial charge in [0.2, 0.25) is 10.0 Å². The van der Waals surface area contributed by atoms with Crippen molar-refractivity contribution in [2.45, 2.75) is 32.3 Å². The number of rotatable bonds is 4. The van der Waals surface area contributed by atoms with Crippen molar-refractivity contribution in [1.82, 2.24) is 19.3 Å². The molecule has 2 aromatic rings. The van der Waals surface area contributed by atoms with E-state index in [0.29, 0.717) is 22.4 Å². The van der Waals surface area contributed by atoms with Crippen molar-refractivity contribution in [3.8, 4) is 0 Å². The number of likely N-dealkylation sites (tertiary alicyclic amines) is 1. The zero-order valence-corrected chi connectivity index (χ0v) is 17.0. The van der Waals surface area contributed by atoms with Crippen LogP contribution in [0.3, 0.4) is 0 Å². The fourth-order valence-electron chi connectivity index (χ4n) is 4.11. The van der Waals surface area contributed by atoms with Gasteiger partial charge in [-0.25, -0.2) is 17.7 Å². The van der Waals surface area contributed by atoms with Gasteiger partial charge in [-0.15, -0.1) is 0 Å². The van der Waals surface area contributed by atoms with E-state index in [-0.39, 0.29) is 24.7 Å². The van der Waals surface area contributed by atoms with Crippen LogP contribution in [-0.4, -0.2) is 77.8 Å². The van der Waals surface area contributed by atoms with Gasteiger partial charge >= 0.3 is 0 Å². The minimum absolute atomic E-state index is 0.107. The molecule has 2 aliphatic rings. The van der Waals surface area contributed by atoms with Crippen molar-refractivity contribution in [2.75, 3.05) is 32.9 Å². The van der Waals surface area contributed by atoms with Crippen LogP contribution in [0.2, 0.25) is 0 Å². The molecule has 1 aliphatic heterocycles. The van der Waals surface area contributed by atoms with E-state index in [1.54, 1.807) is 11.8 Å². The number of nitrogens with zero attached hydrogens (tertiary/aromatic N) is 4. The number of fused-ring (bicyclic) bond motifs is 2. The Morgan fingerprint density at radius 1 is 1.32 bits per heavy atom. The molecule has 2 atom stereocenters. The number of aryl methyl sites for hydroxylation is 2. The SMILES string of the molecule is Cc1noc2nc3c(c(C(=O)N4C[C@@H](CS(=O)(=O)N(C)C)[C@@H](O)C4)c12)CCC3. The van der Waals surface area contributed by atoms with Gasteiger partial charge in [0.25, 0.3) is 11.6 Å². The van der Waals surface area contributed by atoms with Gasteiger partial charge in [-0.2, -0.15) is 0 Å². The second-order valence-corrected chi connectivity index (χ2v) is 10.0. The third kappa shape index (κ3) is 3.09. The molecule has 4 rings (SSSR count). The summed E-state index contributed by atoms with van der Waals surface area (Å²) in [7, 11) is -0.543. The Kier molecular flexibility index (Phi) is 4.67. The molecule has 1 amide bonds. The lowest BCUT2D eigenvalue weighted by Gasteiger charge is -2.19. The number of pyridine rings is 1. The molecule has 0 saturated carbocycles. The minimum atomic E-state index is -3.47. The van der Waals surface area contributed by atoms with Crippen molar-refractivity contribution in [1.29, 1.82) is 0 Å². The molecular weight excluding hydrogens is 384 g/mol. The minimum Gasteiger partial charge on any atom is -0.391 e. The van der Waals surface area contributed by atoms with Crippen LogP contribution in [0.4, 0.5) is 0 Å². The number of carbonyl (C=O) groups is 1. The van der Waals surface area contributed by atoms with Crippen molar-refractivity contribution >= 4 is 27.0 Å². The number of aliphatic hydroxyl groups excluding tert-OH is 1. The summed E-state index contributed by atoms with van der Waals surface area (Å²) in [6.45, 7) is 2.07. The summed E-state index contributed by atoms with van der Waals surface area (Å²) in [4.78, 5) is 19.5. The van der Waals surface area contributed by atoms with Crippen LogP contribution >= 0.6 is 0 Å². The number of carbonyl (C=O) groups excluding carboxylic acids is 1. The molecule has 3 heterocycles. The van der Waals surface area contributed by atoms with Crippen LogP contribution in [0, 0.1) is 12.8 Å². The fourth-order valence-corrected chi connectivity index (χ4v) is 5.28. The van der Waals surface area contributed by atoms with Crippen LogP contribution in [-0.2, 0) is 22.9 Å². The predicted octanol–water partition coefficient (Wildman–Crippen LogP) is 0.344. The first-order valence-corrected chi connectivity index (χ1v) is 10.9. The number of aromatic nitrogens is 2. The van der Waals surface area contributed by atoms with E-state index in [1.165, 1.54) is 14.1 Å². The Morgan fingerprint density at radius 2 is 2.07 bits per heavy atom. The highest BCUT2D eigenvalue weighted by atomic mass is 32.2. The predicted molar refractivity (Wildman–Crippen MR) is 101 cm³/mol. The summed E-state index contributed by atoms with van der Waals surface area (Å²) in [5.74, 6) is -0.938. The van der Waals surface area contributed by atoms with Gasteiger partial charge in [0.05, 0.1) is 28.5 Å². The molecule has 0 spiro atoms. The Morgan fingerprint density at radius 3 is 2.79 bits per heavy atom. The van der Waals surface area contributed by atoms with Crippen molar-refractivity contribution < 1.29 is 22.8 Å². The molecule has 10 heteroatoms. The molecule has 1 aliphatic carbocycles. The summed E-state index contributed by atoms with van der Waals surface area (Å²) < 4.78 is 30.8. The monoisotopic (exact) mass is 408 g/mol. The van der Waals surface area contributed by atoms with E-state index in [1.807, 2.05) is 0 Å². The first-order valence-electron chi connectivity index (χ1n) is 9.34. The van der Waals surface area contributed by atoms with Gasteiger partial charge in [-0.05, 0) is 31.7 Å². The zero-order valence-electron chi connectivity index (χ0n) is 16.2. The van der Waals surface area contributed by atoms with E-state index in [9.17, 15) is 18.3 Å². The van der Waals surface area contributed by atoms with Gasteiger partial charge in [-0.3, -0.25) is 4.79 Å². The smallest absolute Gasteiger partial charge is 0.259 e. The number of β-amino-alcohol motifs (C(OH)–C–C–N with tert-alkyl or cyclic N) is 1. The molecule has 1 saturated heterocycles. The van der Waals surface area contributed by atoms with Crippen molar-refractivity contribution in [2.24, 2.45) is 5.92 Å². The van der Waals surface area contributed by atoms with E-state index >= 15 is 0 Å². The topological polar surface area (TPSA) is 117 Å². The lowest BCUT2D eigenvalue weighted by atomic mass is 10.0. The summed E-state index contributed by atoms with van der Waals surface area (Å²) in [6, 6.07) is 0. The Labute approximate surface area is 163 Å². The first kappa shape index (κ1) is 19.3. The van der Waals surface area contributed by atoms with Gasteiger partial charge in [0.1, 0.15) is 0 Å². The van der Waals surface area contributed by atoms with Gasteiger partial charge in [-0.1, -0.05) is 5.16 Å². The molecule has 0 unspecified atom stereocenters. The maximum atomic E-state index is 13.4. The Bertz CT molecular complexity index is 1050. The highest BCUT2D eigenvalue weighted by molar-refractivity contribution is 7.89. The Hall–Kier alpha value is -2.04. The quantitative estimate of drug-likeness (QED) is 0.775. The van der Waals surface area contributed by atoms with Gasteiger partial charge < -0.3 is 14.5 Å². The van der Waals surface area contributed by atoms with Crippen molar-refractivity contribution in [3.63, 3.8) is 0 Å². The highest BCUT2D eigenvalue weighted by Gasteiger charge is 2.39. The number of hydrogen-bond acceptors (Lipinski definition) is 7. The Balaban J connectivity index is 1.67. The van der Waals surface area contributed by atoms with Crippen LogP contribution < -0.4 is 0 Å². The van der Waals surface area contributed by atoms with Crippen LogP contribution in [0.5, 0.6) is 0 Å². The molecule has 28 heavy (non-hydrogen) atoms. The van der Waals surface area contributed by atoms with Crippen LogP contribution in [0.25, 0.3) is 11.1 Å². The first-order chi connectivity index (χ1) is 13.2. The molecule has 152 valence electrons. The summed E-state index contributed by atoms with van der Waals surface area (Å²) in [5, 5.41) is 15.0. The number of hydrogen-bond donors (Lipinski definition) is 1. The fraction of sp³-hybridized carbons (Fsp3) is 0.611. The van der Waals surface area contributed by atoms with E-state index < -0.39 is 22.0 Å². The van der Waals surface area contributed by atoms with Gasteiger partial charge in [0.15, 0.2) is 0 Å². The normalized spacial score (nSPS) is 22.4. The maximum absolute atomic E-state index is 13.4. The molecule has 9 nitrogen and oxygen atoms in total. The lowest BCUT2D eigenvalue weighted by molar-refractivity contribution is 0.0765. The van der Waals surface area contributed by atoms with Crippen LogP contribution in [0.15, 0.2) is 4.52 Å². The van der Waals surface area contributed by atoms with Gasteiger partial charge in [0, 0.05) is 38.8 Å². The highest BCUT2D eigenvalue weighted by Crippen LogP contribution is 2.33. The molecule has 0 aromatic carbocycles. The molecule has 0 radical (unpaired) electrons. The average molecular weight is 408 g/mol. The molecule has 1 N–H and O–H groups in total. The number of aliphatic hydroxyl groups is 1. The molecule has 0 bridgehead atoms. The molecule has 2 aromatic heterocycles. The summed E-state index contributed by atoms with van der Waals surface area (Å²) >= 11 is 0. The number of amides is 1. The maximum Gasteiger partial charge on any atom is 0.259 e. The van der Waals surface area contributed by atoms with Crippen LogP contribution in [0.1, 0.15) is 33.7 Å². The zero-order chi connectivity index (χ0) is 20.2. The standard InChI is InChI=1S/C18H24N4O5S/c1-10-15-16(12-5-4-6-13(12)19-17(15)27-20-10)18(24)22-7-11(14(23)8-22)9-28(25,26)21(2)3/h11,14,23H,4-9H2,1-3H3/t11-,14-/m0/s1. The summed E-state index contributed by atoms with van der Waals surface area (Å²) in [5.41, 5.74) is 3.28.